The Labute approximate surface area is 196 Å². The maximum Gasteiger partial charge on any atom is 0.211 e. The lowest BCUT2D eigenvalue weighted by molar-refractivity contribution is 0.475. The van der Waals surface area contributed by atoms with Gasteiger partial charge in [-0.1, -0.05) is 64.5 Å². The molecule has 5 rings (SSSR count). The molecule has 3 aromatic carbocycles. The van der Waals surface area contributed by atoms with E-state index in [1.165, 1.54) is 11.3 Å². The number of hydrogen-bond donors (Lipinski definition) is 1. The molecule has 1 N–H and O–H groups in total. The van der Waals surface area contributed by atoms with E-state index in [1.54, 1.807) is 29.4 Å². The standard InChI is InChI=1S/C25H17BrN4OS/c26-22-10-4-3-9-20(22)23-16-32-25(29-18-7-5-13-27-14-18)30(23)28-15-21-19-8-2-1-6-17(19)11-12-24(21)31/h1-16,31H. The lowest BCUT2D eigenvalue weighted by Gasteiger charge is -2.07. The average Bonchev–Trinajstić information content (AvgIpc) is 3.21. The Bertz CT molecular complexity index is 1510. The minimum absolute atomic E-state index is 0.177. The number of thiazole rings is 1. The van der Waals surface area contributed by atoms with Crippen LogP contribution in [0.3, 0.4) is 0 Å². The van der Waals surface area contributed by atoms with Crippen LogP contribution in [0.4, 0.5) is 5.69 Å². The van der Waals surface area contributed by atoms with Crippen molar-refractivity contribution in [3.63, 3.8) is 0 Å². The Morgan fingerprint density at radius 3 is 2.66 bits per heavy atom. The molecule has 0 atom stereocenters. The van der Waals surface area contributed by atoms with Crippen LogP contribution in [0.15, 0.2) is 105 Å². The molecule has 2 heterocycles. The molecule has 0 unspecified atom stereocenters. The number of hydrogen-bond acceptors (Lipinski definition) is 5. The fourth-order valence-corrected chi connectivity index (χ4v) is 4.74. The van der Waals surface area contributed by atoms with Gasteiger partial charge >= 0.3 is 0 Å². The molecule has 156 valence electrons. The summed E-state index contributed by atoms with van der Waals surface area (Å²) in [6.45, 7) is 0. The Morgan fingerprint density at radius 2 is 1.81 bits per heavy atom. The third-order valence-electron chi connectivity index (χ3n) is 4.96. The molecular formula is C25H17BrN4OS. The minimum Gasteiger partial charge on any atom is -0.507 e. The maximum atomic E-state index is 10.5. The van der Waals surface area contributed by atoms with Crippen molar-refractivity contribution >= 4 is 49.9 Å². The smallest absolute Gasteiger partial charge is 0.211 e. The van der Waals surface area contributed by atoms with Gasteiger partial charge in [-0.3, -0.25) is 4.98 Å². The molecule has 5 nitrogen and oxygen atoms in total. The summed E-state index contributed by atoms with van der Waals surface area (Å²) in [6, 6.07) is 23.2. The molecule has 0 aliphatic rings. The fraction of sp³-hybridized carbons (Fsp3) is 0. The van der Waals surface area contributed by atoms with Gasteiger partial charge in [-0.2, -0.15) is 5.10 Å². The van der Waals surface area contributed by atoms with E-state index in [2.05, 4.69) is 20.9 Å². The molecular weight excluding hydrogens is 484 g/mol. The Balaban J connectivity index is 1.71. The normalized spacial score (nSPS) is 12.1. The van der Waals surface area contributed by atoms with Crippen LogP contribution in [0.5, 0.6) is 5.75 Å². The van der Waals surface area contributed by atoms with E-state index >= 15 is 0 Å². The number of rotatable bonds is 4. The predicted octanol–water partition coefficient (Wildman–Crippen LogP) is 6.35. The van der Waals surface area contributed by atoms with E-state index in [4.69, 9.17) is 10.1 Å². The van der Waals surface area contributed by atoms with Crippen molar-refractivity contribution < 1.29 is 5.11 Å². The SMILES string of the molecule is Oc1ccc2ccccc2c1C=Nn1c(-c2ccccc2Br)csc1=Nc1cccnc1. The molecule has 7 heteroatoms. The zero-order valence-corrected chi connectivity index (χ0v) is 19.2. The molecule has 0 radical (unpaired) electrons. The third kappa shape index (κ3) is 4.00. The molecule has 32 heavy (non-hydrogen) atoms. The first-order valence-electron chi connectivity index (χ1n) is 9.86. The second kappa shape index (κ2) is 8.90. The topological polar surface area (TPSA) is 62.8 Å². The first-order valence-corrected chi connectivity index (χ1v) is 11.5. The van der Waals surface area contributed by atoms with E-state index in [-0.39, 0.29) is 5.75 Å². The molecule has 2 aromatic heterocycles. The number of fused-ring (bicyclic) bond motifs is 1. The zero-order valence-electron chi connectivity index (χ0n) is 16.8. The van der Waals surface area contributed by atoms with Gasteiger partial charge in [0.05, 0.1) is 23.8 Å². The van der Waals surface area contributed by atoms with Crippen molar-refractivity contribution in [1.29, 1.82) is 0 Å². The minimum atomic E-state index is 0.177. The highest BCUT2D eigenvalue weighted by Crippen LogP contribution is 2.29. The van der Waals surface area contributed by atoms with Gasteiger partial charge in [-0.15, -0.1) is 11.3 Å². The van der Waals surface area contributed by atoms with Crippen molar-refractivity contribution in [2.75, 3.05) is 0 Å². The lowest BCUT2D eigenvalue weighted by Crippen LogP contribution is -2.11. The number of benzene rings is 3. The van der Waals surface area contributed by atoms with Crippen LogP contribution < -0.4 is 4.80 Å². The first-order chi connectivity index (χ1) is 15.7. The number of pyridine rings is 1. The number of nitrogens with zero attached hydrogens (tertiary/aromatic N) is 4. The second-order valence-corrected chi connectivity index (χ2v) is 8.67. The molecule has 0 fully saturated rings. The van der Waals surface area contributed by atoms with Gasteiger partial charge in [0.25, 0.3) is 0 Å². The van der Waals surface area contributed by atoms with Crippen LogP contribution in [0, 0.1) is 0 Å². The van der Waals surface area contributed by atoms with E-state index in [0.29, 0.717) is 10.4 Å². The summed E-state index contributed by atoms with van der Waals surface area (Å²) in [4.78, 5) is 9.59. The number of phenols is 1. The molecule has 0 saturated heterocycles. The van der Waals surface area contributed by atoms with Crippen LogP contribution >= 0.6 is 27.3 Å². The molecule has 0 saturated carbocycles. The van der Waals surface area contributed by atoms with Gasteiger partial charge in [-0.25, -0.2) is 9.67 Å². The van der Waals surface area contributed by atoms with Crippen molar-refractivity contribution in [1.82, 2.24) is 9.66 Å². The summed E-state index contributed by atoms with van der Waals surface area (Å²) in [7, 11) is 0. The maximum absolute atomic E-state index is 10.5. The van der Waals surface area contributed by atoms with Crippen molar-refractivity contribution in [3.8, 4) is 17.0 Å². The third-order valence-corrected chi connectivity index (χ3v) is 6.46. The highest BCUT2D eigenvalue weighted by Gasteiger charge is 2.11. The summed E-state index contributed by atoms with van der Waals surface area (Å²) < 4.78 is 2.75. The fourth-order valence-electron chi connectivity index (χ4n) is 3.41. The zero-order chi connectivity index (χ0) is 21.9. The van der Waals surface area contributed by atoms with Gasteiger partial charge in [-0.05, 0) is 35.0 Å². The van der Waals surface area contributed by atoms with Crippen molar-refractivity contribution in [2.45, 2.75) is 0 Å². The molecule has 0 aliphatic heterocycles. The number of halogens is 1. The average molecular weight is 501 g/mol. The largest absolute Gasteiger partial charge is 0.507 e. The molecule has 0 bridgehead atoms. The number of aromatic nitrogens is 2. The quantitative estimate of drug-likeness (QED) is 0.292. The van der Waals surface area contributed by atoms with Crippen molar-refractivity contribution in [2.24, 2.45) is 10.1 Å². The van der Waals surface area contributed by atoms with Crippen LogP contribution in [0.1, 0.15) is 5.56 Å². The van der Waals surface area contributed by atoms with E-state index in [0.717, 1.165) is 32.2 Å². The van der Waals surface area contributed by atoms with E-state index in [9.17, 15) is 5.11 Å². The lowest BCUT2D eigenvalue weighted by atomic mass is 10.0. The summed E-state index contributed by atoms with van der Waals surface area (Å²) in [5.41, 5.74) is 3.29. The number of phenolic OH excluding ortho intramolecular Hbond substituents is 1. The Kier molecular flexibility index (Phi) is 5.66. The first kappa shape index (κ1) is 20.4. The Morgan fingerprint density at radius 1 is 0.969 bits per heavy atom. The van der Waals surface area contributed by atoms with E-state index in [1.807, 2.05) is 72.1 Å². The van der Waals surface area contributed by atoms with Crippen LogP contribution in [0.25, 0.3) is 22.0 Å². The van der Waals surface area contributed by atoms with Gasteiger partial charge in [0.1, 0.15) is 5.75 Å². The van der Waals surface area contributed by atoms with Gasteiger partial charge in [0, 0.05) is 27.2 Å². The molecule has 0 spiro atoms. The van der Waals surface area contributed by atoms with Gasteiger partial charge in [0.2, 0.25) is 4.80 Å². The summed E-state index contributed by atoms with van der Waals surface area (Å²) >= 11 is 5.13. The summed E-state index contributed by atoms with van der Waals surface area (Å²) in [5, 5.41) is 19.3. The predicted molar refractivity (Wildman–Crippen MR) is 134 cm³/mol. The van der Waals surface area contributed by atoms with Gasteiger partial charge < -0.3 is 5.11 Å². The molecule has 0 amide bonds. The monoisotopic (exact) mass is 500 g/mol. The highest BCUT2D eigenvalue weighted by atomic mass is 79.9. The van der Waals surface area contributed by atoms with Crippen molar-refractivity contribution in [3.05, 3.63) is 105 Å². The van der Waals surface area contributed by atoms with Crippen LogP contribution in [-0.4, -0.2) is 21.0 Å². The summed E-state index contributed by atoms with van der Waals surface area (Å²) in [6.07, 6.45) is 5.12. The van der Waals surface area contributed by atoms with E-state index < -0.39 is 0 Å². The molecule has 5 aromatic rings. The summed E-state index contributed by atoms with van der Waals surface area (Å²) in [5.74, 6) is 0.177. The second-order valence-electron chi connectivity index (χ2n) is 6.98. The Hall–Kier alpha value is -3.55. The van der Waals surface area contributed by atoms with Crippen LogP contribution in [-0.2, 0) is 0 Å². The van der Waals surface area contributed by atoms with Crippen LogP contribution in [0.2, 0.25) is 0 Å². The number of aromatic hydroxyl groups is 1. The molecule has 0 aliphatic carbocycles. The highest BCUT2D eigenvalue weighted by molar-refractivity contribution is 9.10. The van der Waals surface area contributed by atoms with Gasteiger partial charge in [0.15, 0.2) is 0 Å².